The molecule has 26 heavy (non-hydrogen) atoms. The van der Waals surface area contributed by atoms with Gasteiger partial charge in [0, 0.05) is 23.5 Å². The Morgan fingerprint density at radius 2 is 1.69 bits per heavy atom. The normalized spacial score (nSPS) is 9.81. The first kappa shape index (κ1) is 19.1. The summed E-state index contributed by atoms with van der Waals surface area (Å²) >= 11 is 0. The van der Waals surface area contributed by atoms with E-state index in [1.165, 1.54) is 6.07 Å². The van der Waals surface area contributed by atoms with Crippen LogP contribution in [0.15, 0.2) is 66.9 Å². The molecule has 2 N–H and O–H groups in total. The molecule has 0 fully saturated rings. The van der Waals surface area contributed by atoms with Gasteiger partial charge < -0.3 is 10.4 Å². The lowest BCUT2D eigenvalue weighted by Gasteiger charge is -2.08. The van der Waals surface area contributed by atoms with Crippen LogP contribution >= 0.6 is 0 Å². The molecule has 1 aromatic heterocycles. The van der Waals surface area contributed by atoms with Gasteiger partial charge in [0.25, 0.3) is 0 Å². The van der Waals surface area contributed by atoms with Crippen LogP contribution in [-0.2, 0) is 6.61 Å². The zero-order valence-electron chi connectivity index (χ0n) is 14.7. The molecule has 3 rings (SSSR count). The van der Waals surface area contributed by atoms with Crippen molar-refractivity contribution in [3.8, 4) is 11.1 Å². The highest BCUT2D eigenvalue weighted by atomic mass is 16.6. The molecule has 0 unspecified atom stereocenters. The highest BCUT2D eigenvalue weighted by molar-refractivity contribution is 5.72. The maximum Gasteiger partial charge on any atom is 0.312 e. The number of nitrogens with zero attached hydrogens (tertiary/aromatic N) is 2. The summed E-state index contributed by atoms with van der Waals surface area (Å²) in [6, 6.07) is 17.8. The molecule has 0 spiro atoms. The van der Waals surface area contributed by atoms with Crippen LogP contribution in [0.1, 0.15) is 19.4 Å². The topological polar surface area (TPSA) is 88.3 Å². The summed E-state index contributed by atoms with van der Waals surface area (Å²) in [5, 5.41) is 23.4. The molecule has 0 aliphatic carbocycles. The Morgan fingerprint density at radius 3 is 2.27 bits per heavy atom. The molecule has 2 aromatic carbocycles. The fraction of sp³-hybridized carbons (Fsp3) is 0.150. The van der Waals surface area contributed by atoms with E-state index in [0.29, 0.717) is 11.3 Å². The van der Waals surface area contributed by atoms with Crippen LogP contribution in [0.5, 0.6) is 0 Å². The molecule has 3 aromatic rings. The molecule has 1 heterocycles. The van der Waals surface area contributed by atoms with Crippen molar-refractivity contribution in [2.75, 3.05) is 5.32 Å². The summed E-state index contributed by atoms with van der Waals surface area (Å²) in [5.41, 5.74) is 2.88. The van der Waals surface area contributed by atoms with Gasteiger partial charge in [-0.15, -0.1) is 0 Å². The van der Waals surface area contributed by atoms with E-state index in [2.05, 4.69) is 10.3 Å². The van der Waals surface area contributed by atoms with E-state index in [9.17, 15) is 10.1 Å². The van der Waals surface area contributed by atoms with Gasteiger partial charge in [-0.3, -0.25) is 10.1 Å². The molecular weight excluding hydrogens is 330 g/mol. The second-order valence-electron chi connectivity index (χ2n) is 5.19. The van der Waals surface area contributed by atoms with Crippen molar-refractivity contribution < 1.29 is 10.0 Å². The number of aliphatic hydroxyl groups is 1. The van der Waals surface area contributed by atoms with Crippen molar-refractivity contribution in [1.82, 2.24) is 4.98 Å². The number of rotatable bonds is 5. The van der Waals surface area contributed by atoms with Crippen molar-refractivity contribution in [1.29, 1.82) is 0 Å². The van der Waals surface area contributed by atoms with Gasteiger partial charge in [0.2, 0.25) is 5.82 Å². The second kappa shape index (κ2) is 9.29. The Morgan fingerprint density at radius 1 is 1.04 bits per heavy atom. The number of nitrogens with one attached hydrogen (secondary N) is 1. The van der Waals surface area contributed by atoms with Gasteiger partial charge in [0.05, 0.1) is 11.5 Å². The highest BCUT2D eigenvalue weighted by Crippen LogP contribution is 2.30. The molecule has 0 aliphatic rings. The fourth-order valence-electron chi connectivity index (χ4n) is 2.31. The SMILES string of the molecule is CC.O=[N+]([O-])c1cc(-c2ccccc2)cnc1Nc1ccc(CO)cc1. The lowest BCUT2D eigenvalue weighted by molar-refractivity contribution is -0.384. The van der Waals surface area contributed by atoms with Crippen molar-refractivity contribution in [2.24, 2.45) is 0 Å². The predicted octanol–water partition coefficient (Wildman–Crippen LogP) is 4.92. The molecule has 0 saturated heterocycles. The predicted molar refractivity (Wildman–Crippen MR) is 103 cm³/mol. The smallest absolute Gasteiger partial charge is 0.312 e. The molecule has 0 amide bonds. The average molecular weight is 351 g/mol. The number of nitro groups is 1. The Hall–Kier alpha value is -3.25. The van der Waals surface area contributed by atoms with Crippen LogP contribution in [0.3, 0.4) is 0 Å². The first-order valence-electron chi connectivity index (χ1n) is 8.34. The van der Waals surface area contributed by atoms with Gasteiger partial charge in [-0.05, 0) is 23.3 Å². The average Bonchev–Trinajstić information content (AvgIpc) is 2.71. The summed E-state index contributed by atoms with van der Waals surface area (Å²) in [6.07, 6.45) is 1.60. The molecule has 0 aliphatic heterocycles. The first-order valence-corrected chi connectivity index (χ1v) is 8.34. The van der Waals surface area contributed by atoms with Crippen molar-refractivity contribution in [2.45, 2.75) is 20.5 Å². The Labute approximate surface area is 152 Å². The first-order chi connectivity index (χ1) is 12.7. The zero-order valence-corrected chi connectivity index (χ0v) is 14.7. The van der Waals surface area contributed by atoms with Gasteiger partial charge in [-0.2, -0.15) is 0 Å². The Balaban J connectivity index is 0.00000117. The minimum absolute atomic E-state index is 0.0511. The van der Waals surface area contributed by atoms with Gasteiger partial charge in [-0.1, -0.05) is 56.3 Å². The summed E-state index contributed by atoms with van der Waals surface area (Å²) in [5.74, 6) is 0.177. The van der Waals surface area contributed by atoms with Crippen molar-refractivity contribution >= 4 is 17.2 Å². The summed E-state index contributed by atoms with van der Waals surface area (Å²) < 4.78 is 0. The highest BCUT2D eigenvalue weighted by Gasteiger charge is 2.17. The number of hydrogen-bond donors (Lipinski definition) is 2. The molecule has 0 saturated carbocycles. The molecule has 134 valence electrons. The van der Waals surface area contributed by atoms with E-state index in [-0.39, 0.29) is 18.1 Å². The van der Waals surface area contributed by atoms with Crippen LogP contribution < -0.4 is 5.32 Å². The van der Waals surface area contributed by atoms with E-state index < -0.39 is 4.92 Å². The number of aliphatic hydroxyl groups excluding tert-OH is 1. The lowest BCUT2D eigenvalue weighted by atomic mass is 10.1. The van der Waals surface area contributed by atoms with Crippen molar-refractivity contribution in [3.05, 3.63) is 82.5 Å². The molecule has 0 atom stereocenters. The fourth-order valence-corrected chi connectivity index (χ4v) is 2.31. The van der Waals surface area contributed by atoms with Gasteiger partial charge >= 0.3 is 5.69 Å². The maximum absolute atomic E-state index is 11.4. The van der Waals surface area contributed by atoms with Gasteiger partial charge in [-0.25, -0.2) is 4.98 Å². The van der Waals surface area contributed by atoms with Gasteiger partial charge in [0.15, 0.2) is 0 Å². The lowest BCUT2D eigenvalue weighted by Crippen LogP contribution is -2.00. The van der Waals surface area contributed by atoms with Crippen LogP contribution in [0, 0.1) is 10.1 Å². The Kier molecular flexibility index (Phi) is 6.82. The summed E-state index contributed by atoms with van der Waals surface area (Å²) in [4.78, 5) is 15.1. The second-order valence-corrected chi connectivity index (χ2v) is 5.19. The van der Waals surface area contributed by atoms with E-state index in [4.69, 9.17) is 5.11 Å². The minimum Gasteiger partial charge on any atom is -0.392 e. The summed E-state index contributed by atoms with van der Waals surface area (Å²) in [6.45, 7) is 3.95. The number of pyridine rings is 1. The standard InChI is InChI=1S/C18H15N3O3.C2H6/c22-12-13-6-8-16(9-7-13)20-18-17(21(23)24)10-15(11-19-18)14-4-2-1-3-5-14;1-2/h1-11,22H,12H2,(H,19,20);1-2H3. The van der Waals surface area contributed by atoms with E-state index in [0.717, 1.165) is 11.1 Å². The number of anilines is 2. The number of hydrogen-bond acceptors (Lipinski definition) is 5. The van der Waals surface area contributed by atoms with Crippen molar-refractivity contribution in [3.63, 3.8) is 0 Å². The molecule has 6 nitrogen and oxygen atoms in total. The minimum atomic E-state index is -0.454. The zero-order chi connectivity index (χ0) is 18.9. The van der Waals surface area contributed by atoms with Gasteiger partial charge in [0.1, 0.15) is 0 Å². The monoisotopic (exact) mass is 351 g/mol. The third kappa shape index (κ3) is 4.64. The Bertz CT molecular complexity index is 850. The third-order valence-corrected chi connectivity index (χ3v) is 3.57. The van der Waals surface area contributed by atoms with Crippen LogP contribution in [0.4, 0.5) is 17.2 Å². The molecule has 0 bridgehead atoms. The van der Waals surface area contributed by atoms with E-state index in [1.54, 1.807) is 30.5 Å². The molecule has 0 radical (unpaired) electrons. The molecule has 6 heteroatoms. The quantitative estimate of drug-likeness (QED) is 0.503. The number of benzene rings is 2. The van der Waals surface area contributed by atoms with E-state index >= 15 is 0 Å². The molecular formula is C20H21N3O3. The van der Waals surface area contributed by atoms with Crippen LogP contribution in [-0.4, -0.2) is 15.0 Å². The van der Waals surface area contributed by atoms with Crippen LogP contribution in [0.25, 0.3) is 11.1 Å². The van der Waals surface area contributed by atoms with E-state index in [1.807, 2.05) is 44.2 Å². The maximum atomic E-state index is 11.4. The largest absolute Gasteiger partial charge is 0.392 e. The number of aromatic nitrogens is 1. The summed E-state index contributed by atoms with van der Waals surface area (Å²) in [7, 11) is 0. The third-order valence-electron chi connectivity index (χ3n) is 3.57. The van der Waals surface area contributed by atoms with Crippen LogP contribution in [0.2, 0.25) is 0 Å².